The molecule has 0 spiro atoms. The lowest BCUT2D eigenvalue weighted by Crippen LogP contribution is -2.29. The molecule has 0 atom stereocenters. The summed E-state index contributed by atoms with van der Waals surface area (Å²) in [6.45, 7) is -0.704. The van der Waals surface area contributed by atoms with Crippen molar-refractivity contribution in [3.8, 4) is 5.75 Å². The topological polar surface area (TPSA) is 58.6 Å². The van der Waals surface area contributed by atoms with Crippen molar-refractivity contribution in [1.82, 2.24) is 0 Å². The van der Waals surface area contributed by atoms with Crippen LogP contribution < -0.4 is 15.0 Å². The number of rotatable bonds is 5. The molecule has 2 amide bonds. The van der Waals surface area contributed by atoms with Crippen molar-refractivity contribution in [3.63, 3.8) is 0 Å². The molecule has 23 heavy (non-hydrogen) atoms. The number of imide groups is 1. The van der Waals surface area contributed by atoms with Crippen LogP contribution in [0.15, 0.2) is 42.5 Å². The van der Waals surface area contributed by atoms with Gasteiger partial charge in [-0.25, -0.2) is 9.29 Å². The molecule has 0 aromatic heterocycles. The van der Waals surface area contributed by atoms with Crippen LogP contribution in [-0.4, -0.2) is 32.1 Å². The first-order chi connectivity index (χ1) is 11.2. The van der Waals surface area contributed by atoms with Gasteiger partial charge in [0.1, 0.15) is 19.0 Å². The number of hydrogen-bond donors (Lipinski definition) is 1. The molecule has 1 heterocycles. The van der Waals surface area contributed by atoms with E-state index in [0.717, 1.165) is 10.6 Å². The highest BCUT2D eigenvalue weighted by molar-refractivity contribution is 6.34. The fourth-order valence-corrected chi connectivity index (χ4v) is 2.48. The molecule has 0 saturated heterocycles. The molecule has 1 aliphatic rings. The zero-order valence-electron chi connectivity index (χ0n) is 12.5. The number of nitrogens with one attached hydrogen (secondary N) is 1. The van der Waals surface area contributed by atoms with Crippen LogP contribution in [0.25, 0.3) is 0 Å². The quantitative estimate of drug-likeness (QED) is 0.862. The molecule has 2 aromatic carbocycles. The van der Waals surface area contributed by atoms with E-state index >= 15 is 0 Å². The summed E-state index contributed by atoms with van der Waals surface area (Å²) in [5, 5.41) is 2.98. The van der Waals surface area contributed by atoms with E-state index in [1.54, 1.807) is 37.4 Å². The standard InChI is InChI=1S/C17H15FN2O3/c1-19-11-2-4-12(5-3-11)20-16(21)14-7-6-13(23-9-8-18)10-15(14)17(20)22/h2-7,10,19H,8-9H2,1H3. The van der Waals surface area contributed by atoms with Crippen molar-refractivity contribution < 1.29 is 18.7 Å². The summed E-state index contributed by atoms with van der Waals surface area (Å²) in [6.07, 6.45) is 0. The number of amides is 2. The molecule has 118 valence electrons. The SMILES string of the molecule is CNc1ccc(N2C(=O)c3ccc(OCCF)cc3C2=O)cc1. The molecule has 3 rings (SSSR count). The average molecular weight is 314 g/mol. The zero-order chi connectivity index (χ0) is 16.4. The molecule has 1 aliphatic heterocycles. The van der Waals surface area contributed by atoms with Gasteiger partial charge in [0.25, 0.3) is 11.8 Å². The van der Waals surface area contributed by atoms with Gasteiger partial charge in [-0.2, -0.15) is 0 Å². The minimum atomic E-state index is -0.617. The maximum atomic E-state index is 12.5. The molecule has 0 unspecified atom stereocenters. The minimum Gasteiger partial charge on any atom is -0.491 e. The van der Waals surface area contributed by atoms with Gasteiger partial charge in [-0.1, -0.05) is 0 Å². The average Bonchev–Trinajstić information content (AvgIpc) is 2.84. The highest BCUT2D eigenvalue weighted by Gasteiger charge is 2.36. The van der Waals surface area contributed by atoms with Crippen molar-refractivity contribution in [2.75, 3.05) is 30.5 Å². The van der Waals surface area contributed by atoms with Gasteiger partial charge in [0, 0.05) is 12.7 Å². The Balaban J connectivity index is 1.93. The molecule has 0 bridgehead atoms. The van der Waals surface area contributed by atoms with Crippen LogP contribution in [0.1, 0.15) is 20.7 Å². The molecule has 6 heteroatoms. The number of carbonyl (C=O) groups excluding carboxylic acids is 2. The summed E-state index contributed by atoms with van der Waals surface area (Å²) in [5.74, 6) is -0.415. The number of nitrogens with zero attached hydrogens (tertiary/aromatic N) is 1. The predicted octanol–water partition coefficient (Wildman–Crippen LogP) is 2.88. The van der Waals surface area contributed by atoms with Gasteiger partial charge in [-0.3, -0.25) is 9.59 Å². The third-order valence-electron chi connectivity index (χ3n) is 3.62. The van der Waals surface area contributed by atoms with Crippen molar-refractivity contribution >= 4 is 23.2 Å². The Kier molecular flexibility index (Phi) is 3.97. The van der Waals surface area contributed by atoms with E-state index < -0.39 is 12.6 Å². The molecule has 5 nitrogen and oxygen atoms in total. The highest BCUT2D eigenvalue weighted by atomic mass is 19.1. The molecule has 2 aromatic rings. The van der Waals surface area contributed by atoms with Crippen molar-refractivity contribution in [2.24, 2.45) is 0 Å². The minimum absolute atomic E-state index is 0.0872. The van der Waals surface area contributed by atoms with Crippen molar-refractivity contribution in [2.45, 2.75) is 0 Å². The Morgan fingerprint density at radius 3 is 2.39 bits per heavy atom. The predicted molar refractivity (Wildman–Crippen MR) is 85.0 cm³/mol. The summed E-state index contributed by atoms with van der Waals surface area (Å²) < 4.78 is 17.3. The summed E-state index contributed by atoms with van der Waals surface area (Å²) in [6, 6.07) is 11.6. The first-order valence-corrected chi connectivity index (χ1v) is 7.15. The Labute approximate surface area is 132 Å². The van der Waals surface area contributed by atoms with Gasteiger partial charge in [0.2, 0.25) is 0 Å². The largest absolute Gasteiger partial charge is 0.491 e. The summed E-state index contributed by atoms with van der Waals surface area (Å²) in [5.41, 5.74) is 1.97. The Bertz CT molecular complexity index is 759. The number of benzene rings is 2. The van der Waals surface area contributed by atoms with E-state index in [0.29, 0.717) is 17.0 Å². The van der Waals surface area contributed by atoms with Crippen LogP contribution in [0, 0.1) is 0 Å². The molecule has 1 N–H and O–H groups in total. The Hall–Kier alpha value is -2.89. The smallest absolute Gasteiger partial charge is 0.266 e. The normalized spacial score (nSPS) is 13.2. The first kappa shape index (κ1) is 15.0. The van der Waals surface area contributed by atoms with Crippen LogP contribution in [0.4, 0.5) is 15.8 Å². The maximum Gasteiger partial charge on any atom is 0.266 e. The van der Waals surface area contributed by atoms with Gasteiger partial charge in [-0.05, 0) is 42.5 Å². The summed E-state index contributed by atoms with van der Waals surface area (Å²) in [4.78, 5) is 26.2. The number of halogens is 1. The van der Waals surface area contributed by atoms with Gasteiger partial charge >= 0.3 is 0 Å². The van der Waals surface area contributed by atoms with E-state index in [2.05, 4.69) is 5.32 Å². The molecule has 0 radical (unpaired) electrons. The van der Waals surface area contributed by atoms with Crippen LogP contribution in [0.2, 0.25) is 0 Å². The second-order valence-corrected chi connectivity index (χ2v) is 4.99. The van der Waals surface area contributed by atoms with Crippen LogP contribution in [-0.2, 0) is 0 Å². The van der Waals surface area contributed by atoms with Gasteiger partial charge < -0.3 is 10.1 Å². The Morgan fingerprint density at radius 1 is 1.04 bits per heavy atom. The van der Waals surface area contributed by atoms with Gasteiger partial charge in [-0.15, -0.1) is 0 Å². The zero-order valence-corrected chi connectivity index (χ0v) is 12.5. The lowest BCUT2D eigenvalue weighted by atomic mass is 10.1. The first-order valence-electron chi connectivity index (χ1n) is 7.15. The highest BCUT2D eigenvalue weighted by Crippen LogP contribution is 2.31. The number of ether oxygens (including phenoxy) is 1. The van der Waals surface area contributed by atoms with E-state index in [4.69, 9.17) is 4.74 Å². The van der Waals surface area contributed by atoms with Crippen molar-refractivity contribution in [1.29, 1.82) is 0 Å². The number of alkyl halides is 1. The fraction of sp³-hybridized carbons (Fsp3) is 0.176. The van der Waals surface area contributed by atoms with Crippen molar-refractivity contribution in [3.05, 3.63) is 53.6 Å². The second kappa shape index (κ2) is 6.08. The lowest BCUT2D eigenvalue weighted by molar-refractivity contribution is 0.0926. The van der Waals surface area contributed by atoms with E-state index in [1.165, 1.54) is 12.1 Å². The number of anilines is 2. The number of fused-ring (bicyclic) bond motifs is 1. The Morgan fingerprint density at radius 2 is 1.74 bits per heavy atom. The molecule has 0 saturated carbocycles. The summed E-state index contributed by atoms with van der Waals surface area (Å²) in [7, 11) is 1.79. The van der Waals surface area contributed by atoms with E-state index in [9.17, 15) is 14.0 Å². The van der Waals surface area contributed by atoms with E-state index in [1.807, 2.05) is 0 Å². The maximum absolute atomic E-state index is 12.5. The third-order valence-corrected chi connectivity index (χ3v) is 3.62. The molecule has 0 fully saturated rings. The van der Waals surface area contributed by atoms with Gasteiger partial charge in [0.15, 0.2) is 0 Å². The monoisotopic (exact) mass is 314 g/mol. The number of carbonyl (C=O) groups is 2. The fourth-order valence-electron chi connectivity index (χ4n) is 2.48. The van der Waals surface area contributed by atoms with Gasteiger partial charge in [0.05, 0.1) is 16.8 Å². The lowest BCUT2D eigenvalue weighted by Gasteiger charge is -2.14. The number of hydrogen-bond acceptors (Lipinski definition) is 4. The second-order valence-electron chi connectivity index (χ2n) is 4.99. The molecular weight excluding hydrogens is 299 g/mol. The third kappa shape index (κ3) is 2.63. The van der Waals surface area contributed by atoms with Crippen LogP contribution in [0.3, 0.4) is 0 Å². The molecular formula is C17H15FN2O3. The molecule has 0 aliphatic carbocycles. The van der Waals surface area contributed by atoms with Crippen LogP contribution in [0.5, 0.6) is 5.75 Å². The van der Waals surface area contributed by atoms with E-state index in [-0.39, 0.29) is 18.1 Å². The van der Waals surface area contributed by atoms with Crippen LogP contribution >= 0.6 is 0 Å². The summed E-state index contributed by atoms with van der Waals surface area (Å²) >= 11 is 0.